The van der Waals surface area contributed by atoms with E-state index in [2.05, 4.69) is 10.6 Å². The molecule has 1 fully saturated rings. The van der Waals surface area contributed by atoms with Gasteiger partial charge in [0, 0.05) is 30.7 Å². The molecule has 190 valence electrons. The zero-order valence-electron chi connectivity index (χ0n) is 20.3. The van der Waals surface area contributed by atoms with Gasteiger partial charge in [-0.2, -0.15) is 0 Å². The van der Waals surface area contributed by atoms with E-state index in [9.17, 15) is 23.2 Å². The average molecular weight is 483 g/mol. The monoisotopic (exact) mass is 482 g/mol. The van der Waals surface area contributed by atoms with Crippen LogP contribution in [0.15, 0.2) is 18.2 Å². The second kappa shape index (κ2) is 13.2. The Bertz CT molecular complexity index is 815. The van der Waals surface area contributed by atoms with Crippen molar-refractivity contribution in [2.45, 2.75) is 83.8 Å². The first-order valence-electron chi connectivity index (χ1n) is 11.9. The molecule has 0 saturated heterocycles. The number of hydrogen-bond acceptors (Lipinski definition) is 5. The van der Waals surface area contributed by atoms with E-state index < -0.39 is 36.0 Å². The minimum Gasteiger partial charge on any atom is -0.486 e. The van der Waals surface area contributed by atoms with Crippen LogP contribution in [0.3, 0.4) is 0 Å². The third kappa shape index (κ3) is 10.5. The second-order valence-electron chi connectivity index (χ2n) is 9.68. The number of alkyl carbamates (subject to hydrolysis) is 1. The normalized spacial score (nSPS) is 15.0. The summed E-state index contributed by atoms with van der Waals surface area (Å²) >= 11 is 0. The number of hydrogen-bond donors (Lipinski definition) is 2. The largest absolute Gasteiger partial charge is 0.486 e. The number of nitrogens with one attached hydrogen (secondary N) is 2. The molecule has 2 N–H and O–H groups in total. The molecule has 0 radical (unpaired) electrons. The van der Waals surface area contributed by atoms with Gasteiger partial charge < -0.3 is 20.1 Å². The van der Waals surface area contributed by atoms with E-state index in [0.717, 1.165) is 50.3 Å². The zero-order chi connectivity index (χ0) is 25.1. The molecule has 1 aliphatic carbocycles. The summed E-state index contributed by atoms with van der Waals surface area (Å²) in [7, 11) is 0. The first-order valence-corrected chi connectivity index (χ1v) is 11.9. The first-order chi connectivity index (χ1) is 16.0. The summed E-state index contributed by atoms with van der Waals surface area (Å²) in [5.41, 5.74) is -0.561. The Morgan fingerprint density at radius 1 is 1.03 bits per heavy atom. The van der Waals surface area contributed by atoms with Crippen molar-refractivity contribution in [2.75, 3.05) is 13.2 Å². The lowest BCUT2D eigenvalue weighted by Crippen LogP contribution is -2.45. The number of amides is 2. The zero-order valence-corrected chi connectivity index (χ0v) is 20.3. The van der Waals surface area contributed by atoms with E-state index in [-0.39, 0.29) is 23.4 Å². The minimum atomic E-state index is -0.798. The molecule has 0 aromatic heterocycles. The summed E-state index contributed by atoms with van der Waals surface area (Å²) in [5, 5.41) is 5.53. The molecule has 1 atom stereocenters. The van der Waals surface area contributed by atoms with Gasteiger partial charge in [0.2, 0.25) is 5.91 Å². The molecule has 1 aliphatic rings. The Balaban J connectivity index is 1.82. The smallest absolute Gasteiger partial charge is 0.407 e. The van der Waals surface area contributed by atoms with E-state index in [1.165, 1.54) is 0 Å². The molecule has 1 aromatic rings. The summed E-state index contributed by atoms with van der Waals surface area (Å²) < 4.78 is 37.2. The Labute approximate surface area is 200 Å². The van der Waals surface area contributed by atoms with Crippen LogP contribution in [0.1, 0.15) is 72.1 Å². The molecule has 2 amide bonds. The van der Waals surface area contributed by atoms with Crippen LogP contribution >= 0.6 is 0 Å². The Kier molecular flexibility index (Phi) is 10.7. The van der Waals surface area contributed by atoms with Gasteiger partial charge in [-0.25, -0.2) is 13.6 Å². The Morgan fingerprint density at radius 2 is 1.68 bits per heavy atom. The highest BCUT2D eigenvalue weighted by Gasteiger charge is 2.27. The molecule has 0 bridgehead atoms. The maximum atomic E-state index is 13.4. The van der Waals surface area contributed by atoms with Crippen molar-refractivity contribution in [1.29, 1.82) is 0 Å². The van der Waals surface area contributed by atoms with Crippen molar-refractivity contribution >= 4 is 17.8 Å². The lowest BCUT2D eigenvalue weighted by Gasteiger charge is -2.21. The van der Waals surface area contributed by atoms with Gasteiger partial charge >= 0.3 is 6.09 Å². The van der Waals surface area contributed by atoms with E-state index in [4.69, 9.17) is 9.47 Å². The van der Waals surface area contributed by atoms with Crippen LogP contribution in [0, 0.1) is 17.6 Å². The minimum absolute atomic E-state index is 0.0834. The summed E-state index contributed by atoms with van der Waals surface area (Å²) in [4.78, 5) is 37.0. The number of halogens is 2. The fourth-order valence-electron chi connectivity index (χ4n) is 3.81. The number of ketones is 1. The fourth-order valence-corrected chi connectivity index (χ4v) is 3.81. The van der Waals surface area contributed by atoms with Gasteiger partial charge in [0.1, 0.15) is 29.6 Å². The van der Waals surface area contributed by atoms with Gasteiger partial charge in [-0.1, -0.05) is 25.7 Å². The number of ether oxygens (including phenoxy) is 2. The van der Waals surface area contributed by atoms with Crippen LogP contribution in [0.2, 0.25) is 0 Å². The van der Waals surface area contributed by atoms with Crippen molar-refractivity contribution < 1.29 is 32.6 Å². The van der Waals surface area contributed by atoms with Crippen LogP contribution in [-0.2, 0) is 14.3 Å². The summed E-state index contributed by atoms with van der Waals surface area (Å²) in [6, 6.07) is 1.97. The molecule has 0 unspecified atom stereocenters. The van der Waals surface area contributed by atoms with E-state index in [0.29, 0.717) is 25.8 Å². The molecule has 2 rings (SSSR count). The van der Waals surface area contributed by atoms with Crippen molar-refractivity contribution in [3.05, 3.63) is 29.8 Å². The first kappa shape index (κ1) is 27.5. The molecule has 7 nitrogen and oxygen atoms in total. The standard InChI is InChI=1S/C25H36F2N2O5/c1-25(2,3)34-24(32)28-12-8-4-5-11-21(29-23(31)17-9-6-7-10-17)22(30)16-33-20-14-18(26)13-19(27)15-20/h13-15,17,21H,4-12,16H2,1-3H3,(H,28,32)(H,29,31)/t21-/m0/s1. The molecule has 9 heteroatoms. The van der Waals surface area contributed by atoms with Crippen molar-refractivity contribution in [3.8, 4) is 5.75 Å². The van der Waals surface area contributed by atoms with Crippen molar-refractivity contribution in [3.63, 3.8) is 0 Å². The predicted molar refractivity (Wildman–Crippen MR) is 123 cm³/mol. The molecule has 34 heavy (non-hydrogen) atoms. The molecular formula is C25H36F2N2O5. The van der Waals surface area contributed by atoms with Gasteiger partial charge in [0.05, 0.1) is 6.04 Å². The predicted octanol–water partition coefficient (Wildman–Crippen LogP) is 4.67. The van der Waals surface area contributed by atoms with E-state index in [1.807, 2.05) is 0 Å². The highest BCUT2D eigenvalue weighted by Crippen LogP contribution is 2.25. The molecule has 0 spiro atoms. The second-order valence-corrected chi connectivity index (χ2v) is 9.68. The van der Waals surface area contributed by atoms with Crippen molar-refractivity contribution in [2.24, 2.45) is 5.92 Å². The van der Waals surface area contributed by atoms with Crippen LogP contribution in [-0.4, -0.2) is 42.6 Å². The maximum absolute atomic E-state index is 13.4. The fraction of sp³-hybridized carbons (Fsp3) is 0.640. The quantitative estimate of drug-likeness (QED) is 0.422. The Hall–Kier alpha value is -2.71. The number of carbonyl (C=O) groups is 3. The molecular weight excluding hydrogens is 446 g/mol. The number of rotatable bonds is 12. The SMILES string of the molecule is CC(C)(C)OC(=O)NCCCCC[C@H](NC(=O)C1CCCC1)C(=O)COc1cc(F)cc(F)c1. The topological polar surface area (TPSA) is 93.7 Å². The van der Waals surface area contributed by atoms with Crippen molar-refractivity contribution in [1.82, 2.24) is 10.6 Å². The third-order valence-corrected chi connectivity index (χ3v) is 5.49. The summed E-state index contributed by atoms with van der Waals surface area (Å²) in [6.07, 6.45) is 5.60. The summed E-state index contributed by atoms with van der Waals surface area (Å²) in [6.45, 7) is 5.41. The van der Waals surface area contributed by atoms with Gasteiger partial charge in [-0.05, 0) is 46.5 Å². The molecule has 1 aromatic carbocycles. The van der Waals surface area contributed by atoms with Gasteiger partial charge in [0.15, 0.2) is 5.78 Å². The third-order valence-electron chi connectivity index (χ3n) is 5.49. The van der Waals surface area contributed by atoms with E-state index >= 15 is 0 Å². The highest BCUT2D eigenvalue weighted by atomic mass is 19.1. The van der Waals surface area contributed by atoms with Crippen LogP contribution < -0.4 is 15.4 Å². The van der Waals surface area contributed by atoms with Gasteiger partial charge in [-0.3, -0.25) is 9.59 Å². The van der Waals surface area contributed by atoms with Crippen LogP contribution in [0.4, 0.5) is 13.6 Å². The summed E-state index contributed by atoms with van der Waals surface area (Å²) in [5.74, 6) is -2.27. The average Bonchev–Trinajstić information content (AvgIpc) is 3.26. The maximum Gasteiger partial charge on any atom is 0.407 e. The molecule has 1 saturated carbocycles. The van der Waals surface area contributed by atoms with Gasteiger partial charge in [-0.15, -0.1) is 0 Å². The van der Waals surface area contributed by atoms with Crippen LogP contribution in [0.5, 0.6) is 5.75 Å². The molecule has 0 heterocycles. The number of unbranched alkanes of at least 4 members (excludes halogenated alkanes) is 2. The van der Waals surface area contributed by atoms with Crippen LogP contribution in [0.25, 0.3) is 0 Å². The highest BCUT2D eigenvalue weighted by molar-refractivity contribution is 5.90. The lowest BCUT2D eigenvalue weighted by molar-refractivity contribution is -0.131. The number of carbonyl (C=O) groups excluding carboxylic acids is 3. The van der Waals surface area contributed by atoms with Gasteiger partial charge in [0.25, 0.3) is 0 Å². The molecule has 0 aliphatic heterocycles. The Morgan fingerprint density at radius 3 is 2.29 bits per heavy atom. The lowest BCUT2D eigenvalue weighted by atomic mass is 10.0. The number of Topliss-reactive ketones (excluding diaryl/α,β-unsaturated/α-hetero) is 1. The number of benzene rings is 1. The van der Waals surface area contributed by atoms with E-state index in [1.54, 1.807) is 20.8 Å².